The van der Waals surface area contributed by atoms with Gasteiger partial charge >= 0.3 is 5.00 Å². The molecule has 0 unspecified atom stereocenters. The zero-order valence-electron chi connectivity index (χ0n) is 11.7. The number of carbonyl (C=O) groups excluding carboxylic acids is 1. The van der Waals surface area contributed by atoms with Gasteiger partial charge in [-0.3, -0.25) is 14.9 Å². The molecule has 2 fully saturated rings. The molecule has 1 amide bonds. The van der Waals surface area contributed by atoms with Crippen molar-refractivity contribution >= 4 is 28.5 Å². The smallest absolute Gasteiger partial charge is 0.273 e. The van der Waals surface area contributed by atoms with Gasteiger partial charge in [-0.05, 0) is 30.2 Å². The van der Waals surface area contributed by atoms with E-state index in [2.05, 4.69) is 17.5 Å². The van der Waals surface area contributed by atoms with Gasteiger partial charge in [-0.1, -0.05) is 31.1 Å². The molecule has 0 aromatic carbocycles. The van der Waals surface area contributed by atoms with Gasteiger partial charge in [0, 0.05) is 12.0 Å². The van der Waals surface area contributed by atoms with Gasteiger partial charge in [0.05, 0.1) is 16.0 Å². The summed E-state index contributed by atoms with van der Waals surface area (Å²) in [6, 6.07) is 3.06. The number of fused-ring (bicyclic) bond motifs is 1. The van der Waals surface area contributed by atoms with Gasteiger partial charge in [0.1, 0.15) is 0 Å². The van der Waals surface area contributed by atoms with Gasteiger partial charge < -0.3 is 0 Å². The average Bonchev–Trinajstić information content (AvgIpc) is 2.80. The van der Waals surface area contributed by atoms with Crippen LogP contribution in [0.1, 0.15) is 37.5 Å². The minimum absolute atomic E-state index is 0.0216. The maximum Gasteiger partial charge on any atom is 0.324 e. The summed E-state index contributed by atoms with van der Waals surface area (Å²) in [4.78, 5) is 22.9. The summed E-state index contributed by atoms with van der Waals surface area (Å²) in [5, 5.41) is 14.6. The third-order valence-electron chi connectivity index (χ3n) is 4.77. The van der Waals surface area contributed by atoms with E-state index in [1.54, 1.807) is 6.07 Å². The molecule has 2 aliphatic rings. The minimum Gasteiger partial charge on any atom is -0.273 e. The largest absolute Gasteiger partial charge is 0.324 e. The lowest BCUT2D eigenvalue weighted by Crippen LogP contribution is -2.22. The predicted octanol–water partition coefficient (Wildman–Crippen LogP) is 2.93. The second kappa shape index (κ2) is 5.22. The zero-order chi connectivity index (χ0) is 15.0. The summed E-state index contributed by atoms with van der Waals surface area (Å²) in [5.74, 6) is 0.561. The van der Waals surface area contributed by atoms with Crippen LogP contribution in [0.4, 0.5) is 5.00 Å². The van der Waals surface area contributed by atoms with Crippen molar-refractivity contribution in [2.24, 2.45) is 22.4 Å². The van der Waals surface area contributed by atoms with E-state index in [0.717, 1.165) is 24.2 Å². The molecular weight excluding hydrogens is 290 g/mol. The van der Waals surface area contributed by atoms with Crippen LogP contribution in [0, 0.1) is 27.4 Å². The first-order valence-corrected chi connectivity index (χ1v) is 7.91. The Bertz CT molecular complexity index is 612. The summed E-state index contributed by atoms with van der Waals surface area (Å²) < 4.78 is 0. The number of hydrogen-bond acceptors (Lipinski definition) is 5. The highest BCUT2D eigenvalue weighted by atomic mass is 32.1. The van der Waals surface area contributed by atoms with E-state index in [9.17, 15) is 14.9 Å². The summed E-state index contributed by atoms with van der Waals surface area (Å²) in [6.45, 7) is 2.19. The zero-order valence-corrected chi connectivity index (χ0v) is 12.6. The number of nitro groups is 1. The Kier molecular flexibility index (Phi) is 3.52. The predicted molar refractivity (Wildman–Crippen MR) is 80.3 cm³/mol. The molecule has 0 spiro atoms. The number of nitrogens with zero attached hydrogens (tertiary/aromatic N) is 2. The SMILES string of the molecule is C[C@]12CCCC[C@H]1[C@@H]2C(=O)N/N=C\c1ccc([N+](=O)[O-])s1. The highest BCUT2D eigenvalue weighted by molar-refractivity contribution is 7.16. The maximum absolute atomic E-state index is 12.2. The number of thiophene rings is 1. The molecule has 3 rings (SSSR count). The first kappa shape index (κ1) is 14.2. The van der Waals surface area contributed by atoms with E-state index >= 15 is 0 Å². The molecule has 112 valence electrons. The first-order chi connectivity index (χ1) is 10.0. The standard InChI is InChI=1S/C14H17N3O3S/c1-14-7-3-2-4-10(14)12(14)13(18)16-15-8-9-5-6-11(21-9)17(19)20/h5-6,8,10,12H,2-4,7H2,1H3,(H,16,18)/b15-8-/t10-,12+,14-/m0/s1. The second-order valence-electron chi connectivity index (χ2n) is 6.00. The lowest BCUT2D eigenvalue weighted by atomic mass is 9.90. The van der Waals surface area contributed by atoms with Crippen LogP contribution in [0.5, 0.6) is 0 Å². The van der Waals surface area contributed by atoms with Crippen LogP contribution in [0.2, 0.25) is 0 Å². The number of hydrazone groups is 1. The summed E-state index contributed by atoms with van der Waals surface area (Å²) >= 11 is 1.04. The number of carbonyl (C=O) groups is 1. The van der Waals surface area contributed by atoms with Crippen molar-refractivity contribution in [1.82, 2.24) is 5.43 Å². The van der Waals surface area contributed by atoms with E-state index in [1.807, 2.05) is 0 Å². The average molecular weight is 307 g/mol. The molecule has 0 radical (unpaired) electrons. The van der Waals surface area contributed by atoms with E-state index in [1.165, 1.54) is 25.1 Å². The molecule has 1 aromatic rings. The lowest BCUT2D eigenvalue weighted by Gasteiger charge is -2.15. The third-order valence-corrected chi connectivity index (χ3v) is 5.74. The molecule has 7 heteroatoms. The van der Waals surface area contributed by atoms with Gasteiger partial charge in [-0.15, -0.1) is 0 Å². The normalized spacial score (nSPS) is 30.9. The topological polar surface area (TPSA) is 84.6 Å². The highest BCUT2D eigenvalue weighted by Gasteiger charge is 2.64. The maximum atomic E-state index is 12.2. The molecule has 21 heavy (non-hydrogen) atoms. The van der Waals surface area contributed by atoms with Crippen molar-refractivity contribution in [3.8, 4) is 0 Å². The van der Waals surface area contributed by atoms with E-state index in [-0.39, 0.29) is 22.2 Å². The monoisotopic (exact) mass is 307 g/mol. The second-order valence-corrected chi connectivity index (χ2v) is 7.10. The Morgan fingerprint density at radius 3 is 3.00 bits per heavy atom. The van der Waals surface area contributed by atoms with Crippen molar-refractivity contribution in [1.29, 1.82) is 0 Å². The van der Waals surface area contributed by atoms with Crippen LogP contribution in [0.3, 0.4) is 0 Å². The first-order valence-electron chi connectivity index (χ1n) is 7.09. The van der Waals surface area contributed by atoms with Crippen LogP contribution in [0.15, 0.2) is 17.2 Å². The van der Waals surface area contributed by atoms with E-state index in [4.69, 9.17) is 0 Å². The molecule has 1 aromatic heterocycles. The van der Waals surface area contributed by atoms with Crippen molar-refractivity contribution in [3.63, 3.8) is 0 Å². The fourth-order valence-corrected chi connectivity index (χ4v) is 4.28. The van der Waals surface area contributed by atoms with E-state index < -0.39 is 4.92 Å². The fraction of sp³-hybridized carbons (Fsp3) is 0.571. The van der Waals surface area contributed by atoms with Crippen LogP contribution >= 0.6 is 11.3 Å². The number of nitrogens with one attached hydrogen (secondary N) is 1. The van der Waals surface area contributed by atoms with Gasteiger partial charge in [0.25, 0.3) is 0 Å². The van der Waals surface area contributed by atoms with Crippen molar-refractivity contribution in [3.05, 3.63) is 27.1 Å². The molecule has 0 bridgehead atoms. The molecule has 0 aliphatic heterocycles. The van der Waals surface area contributed by atoms with Crippen LogP contribution in [-0.2, 0) is 4.79 Å². The minimum atomic E-state index is -0.434. The van der Waals surface area contributed by atoms with Crippen LogP contribution < -0.4 is 5.43 Å². The Balaban J connectivity index is 1.56. The molecule has 6 nitrogen and oxygen atoms in total. The Hall–Kier alpha value is -1.76. The molecule has 1 heterocycles. The van der Waals surface area contributed by atoms with Crippen LogP contribution in [-0.4, -0.2) is 17.0 Å². The highest BCUT2D eigenvalue weighted by Crippen LogP contribution is 2.66. The van der Waals surface area contributed by atoms with Crippen molar-refractivity contribution < 1.29 is 9.72 Å². The summed E-state index contributed by atoms with van der Waals surface area (Å²) in [5.41, 5.74) is 2.75. The van der Waals surface area contributed by atoms with Gasteiger partial charge in [-0.25, -0.2) is 5.43 Å². The van der Waals surface area contributed by atoms with Crippen molar-refractivity contribution in [2.45, 2.75) is 32.6 Å². The van der Waals surface area contributed by atoms with Gasteiger partial charge in [-0.2, -0.15) is 5.10 Å². The van der Waals surface area contributed by atoms with Gasteiger partial charge in [0.15, 0.2) is 0 Å². The lowest BCUT2D eigenvalue weighted by molar-refractivity contribution is -0.380. The van der Waals surface area contributed by atoms with E-state index in [0.29, 0.717) is 10.8 Å². The molecule has 1 N–H and O–H groups in total. The molecule has 3 atom stereocenters. The third kappa shape index (κ3) is 2.57. The number of amides is 1. The summed E-state index contributed by atoms with van der Waals surface area (Å²) in [6.07, 6.45) is 6.14. The molecular formula is C14H17N3O3S. The molecule has 2 saturated carbocycles. The van der Waals surface area contributed by atoms with Gasteiger partial charge in [0.2, 0.25) is 5.91 Å². The number of rotatable bonds is 4. The quantitative estimate of drug-likeness (QED) is 0.527. The molecule has 0 saturated heterocycles. The Morgan fingerprint density at radius 1 is 1.57 bits per heavy atom. The molecule has 2 aliphatic carbocycles. The summed E-state index contributed by atoms with van der Waals surface area (Å²) in [7, 11) is 0. The number of hydrogen-bond donors (Lipinski definition) is 1. The Labute approximate surface area is 126 Å². The Morgan fingerprint density at radius 2 is 2.38 bits per heavy atom. The van der Waals surface area contributed by atoms with Crippen LogP contribution in [0.25, 0.3) is 0 Å². The van der Waals surface area contributed by atoms with Crippen molar-refractivity contribution in [2.75, 3.05) is 0 Å². The fourth-order valence-electron chi connectivity index (χ4n) is 3.59.